The summed E-state index contributed by atoms with van der Waals surface area (Å²) in [6.45, 7) is 14.5. The van der Waals surface area contributed by atoms with Gasteiger partial charge in [-0.2, -0.15) is 0 Å². The van der Waals surface area contributed by atoms with Crippen LogP contribution >= 0.6 is 0 Å². The molecule has 0 aromatic rings. The highest BCUT2D eigenvalue weighted by Crippen LogP contribution is 2.16. The number of hydrogen-bond acceptors (Lipinski definition) is 3. The van der Waals surface area contributed by atoms with E-state index in [-0.39, 0.29) is 0 Å². The van der Waals surface area contributed by atoms with Crippen LogP contribution in [-0.4, -0.2) is 54.3 Å². The van der Waals surface area contributed by atoms with Crippen LogP contribution in [0.2, 0.25) is 0 Å². The molecule has 1 rings (SSSR count). The normalized spacial score (nSPS) is 15.2. The molecule has 1 saturated heterocycles. The second-order valence-corrected chi connectivity index (χ2v) is 14.2. The van der Waals surface area contributed by atoms with Gasteiger partial charge in [0.05, 0.1) is 20.0 Å². The Balaban J connectivity index is 2.23. The zero-order valence-corrected chi connectivity index (χ0v) is 29.8. The van der Waals surface area contributed by atoms with Crippen LogP contribution in [0.4, 0.5) is 0 Å². The molecule has 0 bridgehead atoms. The lowest BCUT2D eigenvalue weighted by molar-refractivity contribution is -0.0312. The first-order chi connectivity index (χ1) is 20.8. The maximum absolute atomic E-state index is 2.78. The Morgan fingerprint density at radius 3 is 0.595 bits per heavy atom. The van der Waals surface area contributed by atoms with Crippen LogP contribution in [0.25, 0.3) is 0 Å². The summed E-state index contributed by atoms with van der Waals surface area (Å²) >= 11 is 0. The third-order valence-electron chi connectivity index (χ3n) is 9.68. The lowest BCUT2D eigenvalue weighted by Crippen LogP contribution is -2.55. The monoisotopic (exact) mass is 592 g/mol. The zero-order chi connectivity index (χ0) is 30.2. The first-order valence-corrected chi connectivity index (χ1v) is 20.0. The number of rotatable bonds is 33. The molecule has 252 valence electrons. The van der Waals surface area contributed by atoms with Gasteiger partial charge in [0.2, 0.25) is 0 Å². The summed E-state index contributed by atoms with van der Waals surface area (Å²) in [5, 5.41) is 0. The fraction of sp³-hybridized carbons (Fsp3) is 1.00. The Hall–Kier alpha value is -0.120. The van der Waals surface area contributed by atoms with Gasteiger partial charge in [0, 0.05) is 19.6 Å². The third-order valence-corrected chi connectivity index (χ3v) is 9.68. The molecule has 42 heavy (non-hydrogen) atoms. The summed E-state index contributed by atoms with van der Waals surface area (Å²) in [4.78, 5) is 8.34. The molecule has 1 fully saturated rings. The fourth-order valence-corrected chi connectivity index (χ4v) is 6.88. The van der Waals surface area contributed by atoms with E-state index in [1.165, 1.54) is 232 Å². The molecule has 0 spiro atoms. The molecule has 0 radical (unpaired) electrons. The molecule has 0 atom stereocenters. The van der Waals surface area contributed by atoms with E-state index < -0.39 is 0 Å². The standard InChI is InChI=1S/C39H81N3/c1-4-7-10-13-16-19-22-25-28-31-34-40-37-41(35-32-29-26-23-20-17-14-11-8-5-2)39-42(38-40)36-33-30-27-24-21-18-15-12-9-6-3/h4-39H2,1-3H3. The van der Waals surface area contributed by atoms with E-state index in [4.69, 9.17) is 0 Å². The average Bonchev–Trinajstić information content (AvgIpc) is 3.00. The summed E-state index contributed by atoms with van der Waals surface area (Å²) in [5.41, 5.74) is 0. The molecule has 1 heterocycles. The minimum atomic E-state index is 1.21. The maximum atomic E-state index is 2.78. The molecule has 0 amide bonds. The van der Waals surface area contributed by atoms with Crippen LogP contribution in [0.1, 0.15) is 213 Å². The quantitative estimate of drug-likeness (QED) is 0.0703. The van der Waals surface area contributed by atoms with Crippen molar-refractivity contribution < 1.29 is 0 Å². The van der Waals surface area contributed by atoms with Crippen LogP contribution in [0.15, 0.2) is 0 Å². The molecule has 0 aliphatic carbocycles. The molecule has 0 saturated carbocycles. The largest absolute Gasteiger partial charge is 0.277 e. The number of hydrogen-bond donors (Lipinski definition) is 0. The van der Waals surface area contributed by atoms with Crippen molar-refractivity contribution in [2.75, 3.05) is 39.6 Å². The van der Waals surface area contributed by atoms with Gasteiger partial charge in [-0.05, 0) is 19.3 Å². The van der Waals surface area contributed by atoms with Gasteiger partial charge < -0.3 is 0 Å². The van der Waals surface area contributed by atoms with Crippen LogP contribution < -0.4 is 0 Å². The predicted octanol–water partition coefficient (Wildman–Crippen LogP) is 12.5. The Morgan fingerprint density at radius 2 is 0.405 bits per heavy atom. The predicted molar refractivity (Wildman–Crippen MR) is 190 cm³/mol. The maximum Gasteiger partial charge on any atom is 0.0529 e. The van der Waals surface area contributed by atoms with Gasteiger partial charge in [-0.3, -0.25) is 14.7 Å². The van der Waals surface area contributed by atoms with Crippen LogP contribution in [0.5, 0.6) is 0 Å². The van der Waals surface area contributed by atoms with Gasteiger partial charge in [0.15, 0.2) is 0 Å². The first-order valence-electron chi connectivity index (χ1n) is 20.0. The highest BCUT2D eigenvalue weighted by Gasteiger charge is 2.22. The fourth-order valence-electron chi connectivity index (χ4n) is 6.88. The SMILES string of the molecule is CCCCCCCCCCCCN1CN(CCCCCCCCCCCC)CN(CCCCCCCCCCCC)C1. The Morgan fingerprint density at radius 1 is 0.238 bits per heavy atom. The summed E-state index contributed by atoms with van der Waals surface area (Å²) in [5.74, 6) is 0. The van der Waals surface area contributed by atoms with Crippen LogP contribution in [0.3, 0.4) is 0 Å². The molecular weight excluding hydrogens is 510 g/mol. The molecule has 0 aromatic carbocycles. The van der Waals surface area contributed by atoms with Crippen molar-refractivity contribution in [3.05, 3.63) is 0 Å². The van der Waals surface area contributed by atoms with Crippen molar-refractivity contribution in [2.45, 2.75) is 213 Å². The minimum absolute atomic E-state index is 1.21. The van der Waals surface area contributed by atoms with Crippen LogP contribution in [-0.2, 0) is 0 Å². The van der Waals surface area contributed by atoms with Crippen molar-refractivity contribution >= 4 is 0 Å². The number of unbranched alkanes of at least 4 members (excludes halogenated alkanes) is 27. The van der Waals surface area contributed by atoms with Gasteiger partial charge in [-0.15, -0.1) is 0 Å². The van der Waals surface area contributed by atoms with E-state index in [0.717, 1.165) is 0 Å². The van der Waals surface area contributed by atoms with Gasteiger partial charge in [-0.25, -0.2) is 0 Å². The molecule has 0 aromatic heterocycles. The molecule has 3 heteroatoms. The smallest absolute Gasteiger partial charge is 0.0529 e. The van der Waals surface area contributed by atoms with E-state index in [9.17, 15) is 0 Å². The van der Waals surface area contributed by atoms with E-state index in [2.05, 4.69) is 35.5 Å². The molecule has 0 unspecified atom stereocenters. The lowest BCUT2D eigenvalue weighted by Gasteiger charge is -2.42. The van der Waals surface area contributed by atoms with Gasteiger partial charge in [-0.1, -0.05) is 194 Å². The molecule has 1 aliphatic heterocycles. The Kier molecular flexibility index (Phi) is 30.7. The van der Waals surface area contributed by atoms with Crippen molar-refractivity contribution in [3.8, 4) is 0 Å². The van der Waals surface area contributed by atoms with Crippen molar-refractivity contribution in [1.82, 2.24) is 14.7 Å². The zero-order valence-electron chi connectivity index (χ0n) is 29.8. The first kappa shape index (κ1) is 39.9. The van der Waals surface area contributed by atoms with E-state index in [1.807, 2.05) is 0 Å². The highest BCUT2D eigenvalue weighted by molar-refractivity contribution is 4.70. The van der Waals surface area contributed by atoms with Crippen molar-refractivity contribution in [2.24, 2.45) is 0 Å². The van der Waals surface area contributed by atoms with Gasteiger partial charge in [0.1, 0.15) is 0 Å². The molecule has 0 N–H and O–H groups in total. The lowest BCUT2D eigenvalue weighted by atomic mass is 10.1. The van der Waals surface area contributed by atoms with E-state index in [0.29, 0.717) is 0 Å². The molecule has 3 nitrogen and oxygen atoms in total. The van der Waals surface area contributed by atoms with Crippen LogP contribution in [0, 0.1) is 0 Å². The summed E-state index contributed by atoms with van der Waals surface area (Å²) in [7, 11) is 0. The Labute approximate surface area is 267 Å². The van der Waals surface area contributed by atoms with Gasteiger partial charge in [0.25, 0.3) is 0 Å². The molecular formula is C39H81N3. The summed E-state index contributed by atoms with van der Waals surface area (Å²) in [6.07, 6.45) is 43.2. The number of nitrogens with zero attached hydrogens (tertiary/aromatic N) is 3. The minimum Gasteiger partial charge on any atom is -0.277 e. The third kappa shape index (κ3) is 26.3. The van der Waals surface area contributed by atoms with E-state index >= 15 is 0 Å². The topological polar surface area (TPSA) is 9.72 Å². The highest BCUT2D eigenvalue weighted by atomic mass is 15.5. The average molecular weight is 592 g/mol. The second-order valence-electron chi connectivity index (χ2n) is 14.2. The van der Waals surface area contributed by atoms with E-state index in [1.54, 1.807) is 0 Å². The Bertz CT molecular complexity index is 433. The van der Waals surface area contributed by atoms with Crippen molar-refractivity contribution in [3.63, 3.8) is 0 Å². The van der Waals surface area contributed by atoms with Gasteiger partial charge >= 0.3 is 0 Å². The summed E-state index contributed by atoms with van der Waals surface area (Å²) < 4.78 is 0. The summed E-state index contributed by atoms with van der Waals surface area (Å²) in [6, 6.07) is 0. The second kappa shape index (κ2) is 32.3. The van der Waals surface area contributed by atoms with Crippen molar-refractivity contribution in [1.29, 1.82) is 0 Å². The molecule has 1 aliphatic rings.